The van der Waals surface area contributed by atoms with Crippen LogP contribution in [0.4, 0.5) is 5.69 Å². The summed E-state index contributed by atoms with van der Waals surface area (Å²) >= 11 is 6.34. The molecule has 0 fully saturated rings. The predicted molar refractivity (Wildman–Crippen MR) is 147 cm³/mol. The molecule has 1 amide bonds. The fourth-order valence-corrected chi connectivity index (χ4v) is 6.29. The van der Waals surface area contributed by atoms with Gasteiger partial charge in [0.25, 0.3) is 0 Å². The number of fused-ring (bicyclic) bond motifs is 3. The number of hydrogen-bond donors (Lipinski definition) is 2. The summed E-state index contributed by atoms with van der Waals surface area (Å²) in [6.45, 7) is 2.41. The summed E-state index contributed by atoms with van der Waals surface area (Å²) in [6.07, 6.45) is 9.11. The van der Waals surface area contributed by atoms with Crippen molar-refractivity contribution in [1.82, 2.24) is 4.90 Å². The van der Waals surface area contributed by atoms with E-state index in [9.17, 15) is 19.8 Å². The van der Waals surface area contributed by atoms with Gasteiger partial charge in [0.15, 0.2) is 5.60 Å². The number of carbonyl (C=O) groups excluding carboxylic acids is 1. The van der Waals surface area contributed by atoms with Crippen LogP contribution >= 0.6 is 11.6 Å². The van der Waals surface area contributed by atoms with Gasteiger partial charge in [0, 0.05) is 37.1 Å². The number of benzene rings is 2. The van der Waals surface area contributed by atoms with Crippen molar-refractivity contribution in [1.29, 1.82) is 0 Å². The number of anilines is 1. The van der Waals surface area contributed by atoms with Crippen LogP contribution < -0.4 is 9.64 Å². The fraction of sp³-hybridized carbons (Fsp3) is 0.467. The molecule has 7 nitrogen and oxygen atoms in total. The van der Waals surface area contributed by atoms with E-state index in [1.807, 2.05) is 6.07 Å². The molecule has 2 N–H and O–H groups in total. The van der Waals surface area contributed by atoms with Gasteiger partial charge in [-0.05, 0) is 79.5 Å². The Morgan fingerprint density at radius 3 is 2.71 bits per heavy atom. The quantitative estimate of drug-likeness (QED) is 0.513. The van der Waals surface area contributed by atoms with Gasteiger partial charge in [-0.15, -0.1) is 0 Å². The van der Waals surface area contributed by atoms with E-state index in [0.29, 0.717) is 31.9 Å². The lowest BCUT2D eigenvalue weighted by Gasteiger charge is -2.41. The summed E-state index contributed by atoms with van der Waals surface area (Å²) in [4.78, 5) is 29.0. The second-order valence-corrected chi connectivity index (χ2v) is 11.3. The second kappa shape index (κ2) is 10.6. The van der Waals surface area contributed by atoms with Gasteiger partial charge < -0.3 is 24.7 Å². The third-order valence-corrected chi connectivity index (χ3v) is 8.53. The van der Waals surface area contributed by atoms with E-state index in [1.165, 1.54) is 16.0 Å². The molecule has 2 aromatic rings. The Kier molecular flexibility index (Phi) is 7.43. The standard InChI is InChI=1S/C30H35ClN2O5/c1-32-14-5-3-2-4-6-15-33-19-29(13-7-8-21-16-23(31)10-11-24(21)29)20-38-26-12-9-22(17-25(26)33)30(37,28(35)36)18-27(32)34/h2-3,9-12,16-17,37H,4-8,13-15,18-20H2,1H3,(H,35,36)/b3-2+/t29-,30-/m0/s1. The Morgan fingerprint density at radius 2 is 1.89 bits per heavy atom. The smallest absolute Gasteiger partial charge is 0.340 e. The van der Waals surface area contributed by atoms with Gasteiger partial charge in [0.05, 0.1) is 18.7 Å². The van der Waals surface area contributed by atoms with E-state index in [-0.39, 0.29) is 11.0 Å². The van der Waals surface area contributed by atoms with Gasteiger partial charge in [-0.2, -0.15) is 0 Å². The highest BCUT2D eigenvalue weighted by atomic mass is 35.5. The minimum atomic E-state index is -2.35. The number of halogens is 1. The number of aliphatic carboxylic acids is 1. The summed E-state index contributed by atoms with van der Waals surface area (Å²) in [6, 6.07) is 11.2. The molecule has 2 atom stereocenters. The molecule has 38 heavy (non-hydrogen) atoms. The summed E-state index contributed by atoms with van der Waals surface area (Å²) in [7, 11) is 1.64. The number of ether oxygens (including phenoxy) is 1. The zero-order valence-electron chi connectivity index (χ0n) is 21.8. The topological polar surface area (TPSA) is 90.3 Å². The van der Waals surface area contributed by atoms with Crippen LogP contribution in [0.25, 0.3) is 0 Å². The maximum atomic E-state index is 12.9. The predicted octanol–water partition coefficient (Wildman–Crippen LogP) is 4.67. The lowest BCUT2D eigenvalue weighted by molar-refractivity contribution is -0.164. The molecule has 1 aliphatic carbocycles. The van der Waals surface area contributed by atoms with Crippen LogP contribution in [0.5, 0.6) is 5.75 Å². The van der Waals surface area contributed by atoms with Crippen LogP contribution in [0.3, 0.4) is 0 Å². The molecule has 2 aliphatic heterocycles. The Hall–Kier alpha value is -3.03. The first-order valence-electron chi connectivity index (χ1n) is 13.4. The zero-order valence-corrected chi connectivity index (χ0v) is 22.5. The lowest BCUT2D eigenvalue weighted by Crippen LogP contribution is -2.46. The molecular formula is C30H35ClN2O5. The van der Waals surface area contributed by atoms with E-state index >= 15 is 0 Å². The van der Waals surface area contributed by atoms with Gasteiger partial charge >= 0.3 is 5.97 Å². The van der Waals surface area contributed by atoms with Crippen molar-refractivity contribution in [3.63, 3.8) is 0 Å². The molecule has 8 heteroatoms. The van der Waals surface area contributed by atoms with E-state index < -0.39 is 23.9 Å². The molecule has 2 heterocycles. The first-order chi connectivity index (χ1) is 18.2. The number of carboxylic acids is 1. The van der Waals surface area contributed by atoms with Crippen molar-refractivity contribution >= 4 is 29.2 Å². The molecule has 0 saturated carbocycles. The number of carboxylic acid groups (broad SMARTS) is 1. The highest BCUT2D eigenvalue weighted by Crippen LogP contribution is 2.45. The monoisotopic (exact) mass is 538 g/mol. The molecule has 5 rings (SSSR count). The Balaban J connectivity index is 1.59. The highest BCUT2D eigenvalue weighted by molar-refractivity contribution is 6.30. The van der Waals surface area contributed by atoms with Gasteiger partial charge in [-0.25, -0.2) is 4.79 Å². The average molecular weight is 539 g/mol. The van der Waals surface area contributed by atoms with Crippen LogP contribution in [0.1, 0.15) is 55.2 Å². The number of hydrogen-bond acceptors (Lipinski definition) is 5. The first kappa shape index (κ1) is 26.6. The van der Waals surface area contributed by atoms with Gasteiger partial charge in [-0.3, -0.25) is 4.79 Å². The van der Waals surface area contributed by atoms with Crippen molar-refractivity contribution in [2.45, 2.75) is 56.0 Å². The van der Waals surface area contributed by atoms with E-state index in [2.05, 4.69) is 29.2 Å². The third-order valence-electron chi connectivity index (χ3n) is 8.30. The average Bonchev–Trinajstić information content (AvgIpc) is 3.04. The second-order valence-electron chi connectivity index (χ2n) is 10.9. The molecule has 0 saturated heterocycles. The molecule has 1 spiro atoms. The van der Waals surface area contributed by atoms with Crippen molar-refractivity contribution < 1.29 is 24.5 Å². The number of aliphatic hydroxyl groups is 1. The first-order valence-corrected chi connectivity index (χ1v) is 13.8. The third kappa shape index (κ3) is 5.02. The lowest BCUT2D eigenvalue weighted by atomic mass is 9.70. The maximum absolute atomic E-state index is 12.9. The number of carbonyl (C=O) groups is 2. The van der Waals surface area contributed by atoms with Gasteiger partial charge in [-0.1, -0.05) is 35.9 Å². The van der Waals surface area contributed by atoms with Crippen LogP contribution in [0, 0.1) is 0 Å². The van der Waals surface area contributed by atoms with Crippen LogP contribution in [0.2, 0.25) is 5.02 Å². The van der Waals surface area contributed by atoms with E-state index in [1.54, 1.807) is 25.2 Å². The molecule has 2 aromatic carbocycles. The van der Waals surface area contributed by atoms with Crippen LogP contribution in [0.15, 0.2) is 48.6 Å². The molecular weight excluding hydrogens is 504 g/mol. The van der Waals surface area contributed by atoms with Crippen molar-refractivity contribution in [2.24, 2.45) is 0 Å². The van der Waals surface area contributed by atoms with Crippen molar-refractivity contribution in [3.05, 3.63) is 70.3 Å². The highest BCUT2D eigenvalue weighted by Gasteiger charge is 2.44. The van der Waals surface area contributed by atoms with Crippen LogP contribution in [-0.2, 0) is 27.0 Å². The minimum absolute atomic E-state index is 0.180. The van der Waals surface area contributed by atoms with E-state index in [0.717, 1.165) is 49.4 Å². The maximum Gasteiger partial charge on any atom is 0.340 e. The molecule has 0 unspecified atom stereocenters. The molecule has 2 bridgehead atoms. The van der Waals surface area contributed by atoms with Crippen molar-refractivity contribution in [2.75, 3.05) is 38.2 Å². The summed E-state index contributed by atoms with van der Waals surface area (Å²) < 4.78 is 6.45. The molecule has 3 aliphatic rings. The number of allylic oxidation sites excluding steroid dienone is 1. The molecule has 202 valence electrons. The Morgan fingerprint density at radius 1 is 1.08 bits per heavy atom. The molecule has 0 aromatic heterocycles. The number of aryl methyl sites for hydroxylation is 1. The fourth-order valence-electron chi connectivity index (χ4n) is 6.09. The number of amides is 1. The van der Waals surface area contributed by atoms with Crippen LogP contribution in [-0.4, -0.2) is 60.3 Å². The Labute approximate surface area is 228 Å². The number of nitrogens with zero attached hydrogens (tertiary/aromatic N) is 2. The zero-order chi connectivity index (χ0) is 26.9. The summed E-state index contributed by atoms with van der Waals surface area (Å²) in [5.74, 6) is -1.21. The SMILES string of the molecule is CN1CC/C=C/CCCN2C[C@@]3(CCCc4cc(Cl)ccc43)COc3ccc(cc32)[C@](O)(C(=O)O)CC1=O. The molecule has 0 radical (unpaired) electrons. The normalized spacial score (nSPS) is 27.0. The van der Waals surface area contributed by atoms with Gasteiger partial charge in [0.1, 0.15) is 5.75 Å². The Bertz CT molecular complexity index is 1260. The summed E-state index contributed by atoms with van der Waals surface area (Å²) in [5.41, 5.74) is 0.854. The number of rotatable bonds is 1. The van der Waals surface area contributed by atoms with Crippen molar-refractivity contribution in [3.8, 4) is 5.75 Å². The largest absolute Gasteiger partial charge is 0.490 e. The van der Waals surface area contributed by atoms with Gasteiger partial charge in [0.2, 0.25) is 5.91 Å². The minimum Gasteiger partial charge on any atom is -0.490 e. The summed E-state index contributed by atoms with van der Waals surface area (Å²) in [5, 5.41) is 22.2. The van der Waals surface area contributed by atoms with E-state index in [4.69, 9.17) is 16.3 Å².